The second-order valence-corrected chi connectivity index (χ2v) is 7.76. The molecular formula is C24H28N2O3. The van der Waals surface area contributed by atoms with E-state index in [1.807, 2.05) is 47.9 Å². The lowest BCUT2D eigenvalue weighted by molar-refractivity contribution is -0.140. The summed E-state index contributed by atoms with van der Waals surface area (Å²) in [5.74, 6) is 0.376. The van der Waals surface area contributed by atoms with Crippen LogP contribution < -0.4 is 0 Å². The van der Waals surface area contributed by atoms with Crippen molar-refractivity contribution in [2.75, 3.05) is 26.2 Å². The van der Waals surface area contributed by atoms with E-state index < -0.39 is 0 Å². The van der Waals surface area contributed by atoms with E-state index in [9.17, 15) is 9.59 Å². The van der Waals surface area contributed by atoms with E-state index in [-0.39, 0.29) is 17.7 Å². The molecule has 1 fully saturated rings. The van der Waals surface area contributed by atoms with Crippen LogP contribution in [0.2, 0.25) is 0 Å². The molecule has 4 rings (SSSR count). The number of amides is 2. The van der Waals surface area contributed by atoms with Crippen LogP contribution in [0, 0.1) is 5.92 Å². The van der Waals surface area contributed by atoms with Crippen LogP contribution in [0.25, 0.3) is 21.7 Å². The highest BCUT2D eigenvalue weighted by Crippen LogP contribution is 2.30. The number of benzene rings is 2. The molecule has 0 unspecified atom stereocenters. The van der Waals surface area contributed by atoms with Gasteiger partial charge in [0, 0.05) is 43.0 Å². The molecule has 3 aromatic rings. The first-order valence-corrected chi connectivity index (χ1v) is 10.6. The molecule has 5 nitrogen and oxygen atoms in total. The maximum atomic E-state index is 13.0. The highest BCUT2D eigenvalue weighted by atomic mass is 16.3. The van der Waals surface area contributed by atoms with Crippen LogP contribution in [0.4, 0.5) is 0 Å². The van der Waals surface area contributed by atoms with E-state index in [1.165, 1.54) is 0 Å². The van der Waals surface area contributed by atoms with Gasteiger partial charge in [0.05, 0.1) is 12.7 Å². The molecule has 1 aromatic heterocycles. The van der Waals surface area contributed by atoms with Gasteiger partial charge in [-0.05, 0) is 43.5 Å². The number of carbonyl (C=O) groups is 2. The first kappa shape index (κ1) is 19.5. The topological polar surface area (TPSA) is 53.8 Å². The summed E-state index contributed by atoms with van der Waals surface area (Å²) in [6.45, 7) is 6.81. The number of rotatable bonds is 5. The van der Waals surface area contributed by atoms with Crippen LogP contribution in [0.15, 0.2) is 47.1 Å². The summed E-state index contributed by atoms with van der Waals surface area (Å²) < 4.78 is 5.72. The Labute approximate surface area is 171 Å². The minimum Gasteiger partial charge on any atom is -0.464 e. The van der Waals surface area contributed by atoms with E-state index in [2.05, 4.69) is 12.1 Å². The van der Waals surface area contributed by atoms with Gasteiger partial charge in [0.15, 0.2) is 0 Å². The average molecular weight is 392 g/mol. The van der Waals surface area contributed by atoms with Crippen LogP contribution in [-0.2, 0) is 16.0 Å². The Balaban J connectivity index is 1.46. The summed E-state index contributed by atoms with van der Waals surface area (Å²) in [6, 6.07) is 12.2. The molecule has 2 heterocycles. The van der Waals surface area contributed by atoms with Crippen molar-refractivity contribution in [3.8, 4) is 0 Å². The predicted molar refractivity (Wildman–Crippen MR) is 115 cm³/mol. The van der Waals surface area contributed by atoms with Crippen molar-refractivity contribution in [2.45, 2.75) is 33.1 Å². The standard InChI is InChI=1S/C24H28N2O3/c1-3-25(4-2)24(28)18-11-13-26(14-12-18)22(27)15-19-16-29-21-10-9-17-7-5-6-8-20(17)23(19)21/h5-10,16,18H,3-4,11-15H2,1-2H3. The second-order valence-electron chi connectivity index (χ2n) is 7.76. The van der Waals surface area contributed by atoms with Gasteiger partial charge in [0.25, 0.3) is 0 Å². The summed E-state index contributed by atoms with van der Waals surface area (Å²) >= 11 is 0. The molecule has 0 N–H and O–H groups in total. The third kappa shape index (κ3) is 3.74. The van der Waals surface area contributed by atoms with Gasteiger partial charge in [0.2, 0.25) is 11.8 Å². The van der Waals surface area contributed by atoms with E-state index >= 15 is 0 Å². The van der Waals surface area contributed by atoms with Crippen molar-refractivity contribution >= 4 is 33.6 Å². The molecule has 152 valence electrons. The highest BCUT2D eigenvalue weighted by Gasteiger charge is 2.29. The van der Waals surface area contributed by atoms with Crippen molar-refractivity contribution in [3.05, 3.63) is 48.2 Å². The number of piperidine rings is 1. The normalized spacial score (nSPS) is 15.2. The van der Waals surface area contributed by atoms with Gasteiger partial charge in [-0.2, -0.15) is 0 Å². The largest absolute Gasteiger partial charge is 0.464 e. The fourth-order valence-electron chi connectivity index (χ4n) is 4.45. The van der Waals surface area contributed by atoms with Crippen molar-refractivity contribution in [3.63, 3.8) is 0 Å². The van der Waals surface area contributed by atoms with Gasteiger partial charge in [-0.1, -0.05) is 30.3 Å². The minimum absolute atomic E-state index is 0.0395. The Bertz CT molecular complexity index is 1030. The molecule has 1 aliphatic rings. The van der Waals surface area contributed by atoms with Gasteiger partial charge < -0.3 is 14.2 Å². The van der Waals surface area contributed by atoms with E-state index in [0.717, 1.165) is 53.2 Å². The predicted octanol–water partition coefficient (Wildman–Crippen LogP) is 4.24. The third-order valence-electron chi connectivity index (χ3n) is 6.15. The van der Waals surface area contributed by atoms with Crippen molar-refractivity contribution in [1.82, 2.24) is 9.80 Å². The lowest BCUT2D eigenvalue weighted by Crippen LogP contribution is -2.44. The van der Waals surface area contributed by atoms with Crippen LogP contribution in [-0.4, -0.2) is 47.8 Å². The molecule has 5 heteroatoms. The van der Waals surface area contributed by atoms with Gasteiger partial charge >= 0.3 is 0 Å². The lowest BCUT2D eigenvalue weighted by Gasteiger charge is -2.33. The number of furan rings is 1. The molecule has 0 bridgehead atoms. The maximum Gasteiger partial charge on any atom is 0.227 e. The Morgan fingerprint density at radius 3 is 2.52 bits per heavy atom. The molecule has 2 aromatic carbocycles. The molecule has 2 amide bonds. The number of nitrogens with zero attached hydrogens (tertiary/aromatic N) is 2. The van der Waals surface area contributed by atoms with Crippen molar-refractivity contribution in [2.24, 2.45) is 5.92 Å². The van der Waals surface area contributed by atoms with E-state index in [0.29, 0.717) is 19.5 Å². The minimum atomic E-state index is 0.0395. The summed E-state index contributed by atoms with van der Waals surface area (Å²) in [5, 5.41) is 3.29. The van der Waals surface area contributed by atoms with Crippen molar-refractivity contribution < 1.29 is 14.0 Å². The van der Waals surface area contributed by atoms with Gasteiger partial charge in [0.1, 0.15) is 5.58 Å². The zero-order valence-electron chi connectivity index (χ0n) is 17.2. The fourth-order valence-corrected chi connectivity index (χ4v) is 4.45. The summed E-state index contributed by atoms with van der Waals surface area (Å²) in [7, 11) is 0. The number of likely N-dealkylation sites (tertiary alicyclic amines) is 1. The average Bonchev–Trinajstić information content (AvgIpc) is 3.18. The lowest BCUT2D eigenvalue weighted by atomic mass is 9.94. The zero-order valence-corrected chi connectivity index (χ0v) is 17.2. The molecule has 0 radical (unpaired) electrons. The number of carbonyl (C=O) groups excluding carboxylic acids is 2. The molecular weight excluding hydrogens is 364 g/mol. The molecule has 0 aliphatic carbocycles. The Morgan fingerprint density at radius 1 is 1.07 bits per heavy atom. The maximum absolute atomic E-state index is 13.0. The molecule has 0 saturated carbocycles. The fraction of sp³-hybridized carbons (Fsp3) is 0.417. The molecule has 0 atom stereocenters. The summed E-state index contributed by atoms with van der Waals surface area (Å²) in [4.78, 5) is 29.3. The van der Waals surface area contributed by atoms with Gasteiger partial charge in [-0.3, -0.25) is 9.59 Å². The van der Waals surface area contributed by atoms with Crippen LogP contribution in [0.1, 0.15) is 32.3 Å². The van der Waals surface area contributed by atoms with E-state index in [4.69, 9.17) is 4.42 Å². The van der Waals surface area contributed by atoms with E-state index in [1.54, 1.807) is 6.26 Å². The summed E-state index contributed by atoms with van der Waals surface area (Å²) in [6.07, 6.45) is 3.54. The highest BCUT2D eigenvalue weighted by molar-refractivity contribution is 6.08. The summed E-state index contributed by atoms with van der Waals surface area (Å²) in [5.41, 5.74) is 1.75. The number of fused-ring (bicyclic) bond motifs is 3. The Morgan fingerprint density at radius 2 is 1.79 bits per heavy atom. The van der Waals surface area contributed by atoms with Crippen LogP contribution in [0.3, 0.4) is 0 Å². The monoisotopic (exact) mass is 392 g/mol. The Kier molecular flexibility index (Phi) is 5.56. The molecule has 1 saturated heterocycles. The van der Waals surface area contributed by atoms with Crippen molar-refractivity contribution in [1.29, 1.82) is 0 Å². The molecule has 1 aliphatic heterocycles. The number of hydrogen-bond donors (Lipinski definition) is 0. The Hall–Kier alpha value is -2.82. The second kappa shape index (κ2) is 8.27. The first-order valence-electron chi connectivity index (χ1n) is 10.6. The smallest absolute Gasteiger partial charge is 0.227 e. The number of hydrogen-bond acceptors (Lipinski definition) is 3. The van der Waals surface area contributed by atoms with Gasteiger partial charge in [-0.15, -0.1) is 0 Å². The third-order valence-corrected chi connectivity index (χ3v) is 6.15. The molecule has 0 spiro atoms. The first-order chi connectivity index (χ1) is 14.1. The molecule has 29 heavy (non-hydrogen) atoms. The van der Waals surface area contributed by atoms with Gasteiger partial charge in [-0.25, -0.2) is 0 Å². The SMILES string of the molecule is CCN(CC)C(=O)C1CCN(C(=O)Cc2coc3ccc4ccccc4c23)CC1. The van der Waals surface area contributed by atoms with Crippen LogP contribution >= 0.6 is 0 Å². The zero-order chi connectivity index (χ0) is 20.4. The quantitative estimate of drug-likeness (QED) is 0.653. The van der Waals surface area contributed by atoms with Crippen LogP contribution in [0.5, 0.6) is 0 Å².